The molecule has 2 rings (SSSR count). The highest BCUT2D eigenvalue weighted by molar-refractivity contribution is 9.10. The lowest BCUT2D eigenvalue weighted by Gasteiger charge is -2.12. The van der Waals surface area contributed by atoms with Gasteiger partial charge in [-0.2, -0.15) is 0 Å². The van der Waals surface area contributed by atoms with Crippen LogP contribution >= 0.6 is 15.9 Å². The molecule has 4 nitrogen and oxygen atoms in total. The summed E-state index contributed by atoms with van der Waals surface area (Å²) >= 11 is 3.44. The van der Waals surface area contributed by atoms with Crippen molar-refractivity contribution in [3.05, 3.63) is 46.1 Å². The Balaban J connectivity index is 2.12. The van der Waals surface area contributed by atoms with Crippen LogP contribution in [0.5, 0.6) is 11.5 Å². The van der Waals surface area contributed by atoms with Crippen LogP contribution in [0.25, 0.3) is 0 Å². The van der Waals surface area contributed by atoms with Gasteiger partial charge in [-0.3, -0.25) is 0 Å². The number of aromatic nitrogens is 1. The van der Waals surface area contributed by atoms with E-state index in [0.29, 0.717) is 6.54 Å². The van der Waals surface area contributed by atoms with E-state index < -0.39 is 0 Å². The first-order valence-electron chi connectivity index (χ1n) is 6.21. The Morgan fingerprint density at radius 3 is 2.65 bits per heavy atom. The maximum absolute atomic E-state index is 5.37. The van der Waals surface area contributed by atoms with Gasteiger partial charge in [0.1, 0.15) is 17.3 Å². The highest BCUT2D eigenvalue weighted by Crippen LogP contribution is 2.25. The second kappa shape index (κ2) is 6.61. The van der Waals surface area contributed by atoms with Gasteiger partial charge >= 0.3 is 0 Å². The summed E-state index contributed by atoms with van der Waals surface area (Å²) in [5.74, 6) is 2.41. The number of nitrogens with one attached hydrogen (secondary N) is 1. The fraction of sp³-hybridized carbons (Fsp3) is 0.267. The van der Waals surface area contributed by atoms with Gasteiger partial charge < -0.3 is 14.8 Å². The van der Waals surface area contributed by atoms with Crippen LogP contribution in [0.2, 0.25) is 0 Å². The van der Waals surface area contributed by atoms with Crippen LogP contribution in [0, 0.1) is 6.92 Å². The third-order valence-corrected chi connectivity index (χ3v) is 3.83. The fourth-order valence-corrected chi connectivity index (χ4v) is 2.04. The molecule has 0 aliphatic rings. The Morgan fingerprint density at radius 1 is 1.20 bits per heavy atom. The van der Waals surface area contributed by atoms with Crippen LogP contribution in [0.4, 0.5) is 5.82 Å². The zero-order chi connectivity index (χ0) is 14.5. The normalized spacial score (nSPS) is 10.2. The number of pyridine rings is 1. The van der Waals surface area contributed by atoms with Gasteiger partial charge in [0.25, 0.3) is 0 Å². The van der Waals surface area contributed by atoms with E-state index in [0.717, 1.165) is 32.9 Å². The van der Waals surface area contributed by atoms with Crippen LogP contribution in [0.3, 0.4) is 0 Å². The first kappa shape index (κ1) is 14.7. The van der Waals surface area contributed by atoms with Crippen LogP contribution in [0.15, 0.2) is 34.9 Å². The zero-order valence-electron chi connectivity index (χ0n) is 11.7. The summed E-state index contributed by atoms with van der Waals surface area (Å²) in [7, 11) is 3.29. The quantitative estimate of drug-likeness (QED) is 0.902. The number of anilines is 1. The van der Waals surface area contributed by atoms with Crippen molar-refractivity contribution in [3.8, 4) is 11.5 Å². The highest BCUT2D eigenvalue weighted by Gasteiger charge is 2.06. The molecule has 1 aromatic carbocycles. The van der Waals surface area contributed by atoms with Crippen molar-refractivity contribution in [2.45, 2.75) is 13.5 Å². The molecule has 0 bridgehead atoms. The molecule has 1 aromatic heterocycles. The van der Waals surface area contributed by atoms with Gasteiger partial charge in [-0.1, -0.05) is 0 Å². The van der Waals surface area contributed by atoms with E-state index in [9.17, 15) is 0 Å². The van der Waals surface area contributed by atoms with E-state index >= 15 is 0 Å². The van der Waals surface area contributed by atoms with Crippen molar-refractivity contribution in [3.63, 3.8) is 0 Å². The maximum Gasteiger partial charge on any atom is 0.127 e. The molecule has 1 N–H and O–H groups in total. The average molecular weight is 337 g/mol. The van der Waals surface area contributed by atoms with Gasteiger partial charge in [0.15, 0.2) is 0 Å². The first-order chi connectivity index (χ1) is 9.63. The van der Waals surface area contributed by atoms with Gasteiger partial charge in [-0.05, 0) is 46.6 Å². The molecule has 1 heterocycles. The Labute approximate surface area is 127 Å². The molecule has 0 fully saturated rings. The molecular formula is C15H17BrN2O2. The number of rotatable bonds is 5. The molecule has 5 heteroatoms. The van der Waals surface area contributed by atoms with E-state index in [1.807, 2.05) is 31.2 Å². The van der Waals surface area contributed by atoms with Crippen LogP contribution < -0.4 is 14.8 Å². The van der Waals surface area contributed by atoms with E-state index in [1.54, 1.807) is 20.4 Å². The van der Waals surface area contributed by atoms with Crippen LogP contribution in [-0.4, -0.2) is 19.2 Å². The molecule has 106 valence electrons. The summed E-state index contributed by atoms with van der Waals surface area (Å²) < 4.78 is 11.6. The molecule has 0 unspecified atom stereocenters. The number of hydrogen-bond acceptors (Lipinski definition) is 4. The Kier molecular flexibility index (Phi) is 4.84. The summed E-state index contributed by atoms with van der Waals surface area (Å²) in [5, 5.41) is 3.29. The van der Waals surface area contributed by atoms with Crippen molar-refractivity contribution in [1.29, 1.82) is 0 Å². The van der Waals surface area contributed by atoms with E-state index in [-0.39, 0.29) is 0 Å². The Bertz CT molecular complexity index is 602. The van der Waals surface area contributed by atoms with Crippen LogP contribution in [0.1, 0.15) is 11.1 Å². The van der Waals surface area contributed by atoms with Crippen molar-refractivity contribution in [1.82, 2.24) is 4.98 Å². The predicted molar refractivity (Wildman–Crippen MR) is 83.5 cm³/mol. The van der Waals surface area contributed by atoms with Gasteiger partial charge in [0.2, 0.25) is 0 Å². The van der Waals surface area contributed by atoms with E-state index in [2.05, 4.69) is 26.2 Å². The molecule has 0 atom stereocenters. The van der Waals surface area contributed by atoms with Gasteiger partial charge in [-0.25, -0.2) is 4.98 Å². The van der Waals surface area contributed by atoms with Crippen molar-refractivity contribution in [2.24, 2.45) is 0 Å². The lowest BCUT2D eigenvalue weighted by atomic mass is 10.2. The van der Waals surface area contributed by atoms with Gasteiger partial charge in [0.05, 0.1) is 14.2 Å². The minimum Gasteiger partial charge on any atom is -0.497 e. The predicted octanol–water partition coefficient (Wildman–Crippen LogP) is 3.78. The fourth-order valence-electron chi connectivity index (χ4n) is 1.82. The number of benzene rings is 1. The number of halogens is 1. The standard InChI is InChI=1S/C15H17BrN2O2/c1-10-6-15(18-9-13(10)16)17-8-11-4-5-12(19-2)7-14(11)20-3/h4-7,9H,8H2,1-3H3,(H,17,18). The summed E-state index contributed by atoms with van der Waals surface area (Å²) in [6.45, 7) is 2.67. The number of methoxy groups -OCH3 is 2. The first-order valence-corrected chi connectivity index (χ1v) is 7.00. The number of ether oxygens (including phenoxy) is 2. The van der Waals surface area contributed by atoms with Crippen molar-refractivity contribution >= 4 is 21.7 Å². The lowest BCUT2D eigenvalue weighted by molar-refractivity contribution is 0.391. The molecule has 0 saturated heterocycles. The molecule has 0 aliphatic carbocycles. The monoisotopic (exact) mass is 336 g/mol. The Morgan fingerprint density at radius 2 is 2.00 bits per heavy atom. The maximum atomic E-state index is 5.37. The molecule has 0 aliphatic heterocycles. The third kappa shape index (κ3) is 3.42. The van der Waals surface area contributed by atoms with Crippen LogP contribution in [-0.2, 0) is 6.54 Å². The summed E-state index contributed by atoms with van der Waals surface area (Å²) in [6, 6.07) is 7.77. The topological polar surface area (TPSA) is 43.4 Å². The number of nitrogens with zero attached hydrogens (tertiary/aromatic N) is 1. The Hall–Kier alpha value is -1.75. The number of hydrogen-bond donors (Lipinski definition) is 1. The second-order valence-corrected chi connectivity index (χ2v) is 5.20. The van der Waals surface area contributed by atoms with E-state index in [1.165, 1.54) is 0 Å². The number of aryl methyl sites for hydroxylation is 1. The zero-order valence-corrected chi connectivity index (χ0v) is 13.3. The minimum absolute atomic E-state index is 0.640. The average Bonchev–Trinajstić information content (AvgIpc) is 2.48. The van der Waals surface area contributed by atoms with Crippen molar-refractivity contribution < 1.29 is 9.47 Å². The third-order valence-electron chi connectivity index (χ3n) is 3.00. The van der Waals surface area contributed by atoms with E-state index in [4.69, 9.17) is 9.47 Å². The molecule has 2 aromatic rings. The second-order valence-electron chi connectivity index (χ2n) is 4.35. The van der Waals surface area contributed by atoms with Crippen molar-refractivity contribution in [2.75, 3.05) is 19.5 Å². The SMILES string of the molecule is COc1ccc(CNc2cc(C)c(Br)cn2)c(OC)c1. The van der Waals surface area contributed by atoms with Gasteiger partial charge in [-0.15, -0.1) is 0 Å². The molecule has 0 radical (unpaired) electrons. The molecule has 20 heavy (non-hydrogen) atoms. The summed E-state index contributed by atoms with van der Waals surface area (Å²) in [6.07, 6.45) is 1.79. The highest BCUT2D eigenvalue weighted by atomic mass is 79.9. The molecule has 0 amide bonds. The summed E-state index contributed by atoms with van der Waals surface area (Å²) in [5.41, 5.74) is 2.19. The lowest BCUT2D eigenvalue weighted by Crippen LogP contribution is -2.03. The minimum atomic E-state index is 0.640. The largest absolute Gasteiger partial charge is 0.497 e. The van der Waals surface area contributed by atoms with Gasteiger partial charge in [0, 0.05) is 28.8 Å². The smallest absolute Gasteiger partial charge is 0.127 e. The molecule has 0 spiro atoms. The molecule has 0 saturated carbocycles. The summed E-state index contributed by atoms with van der Waals surface area (Å²) in [4.78, 5) is 4.32. The molecular weight excluding hydrogens is 320 g/mol.